The molecular weight excluding hydrogens is 240 g/mol. The van der Waals surface area contributed by atoms with E-state index < -0.39 is 0 Å². The Morgan fingerprint density at radius 2 is 1.25 bits per heavy atom. The van der Waals surface area contributed by atoms with Gasteiger partial charge >= 0.3 is 0 Å². The molecule has 0 heterocycles. The first kappa shape index (κ1) is 13.2. The lowest BCUT2D eigenvalue weighted by Crippen LogP contribution is -1.96. The van der Waals surface area contributed by atoms with E-state index in [1.165, 1.54) is 54.9 Å². The van der Waals surface area contributed by atoms with E-state index in [0.717, 1.165) is 0 Å². The molecule has 0 aliphatic carbocycles. The van der Waals surface area contributed by atoms with Crippen LogP contribution >= 0.6 is 0 Å². The molecule has 0 aliphatic rings. The van der Waals surface area contributed by atoms with Crippen molar-refractivity contribution in [2.75, 3.05) is 0 Å². The van der Waals surface area contributed by atoms with Crippen molar-refractivity contribution in [1.29, 1.82) is 0 Å². The minimum Gasteiger partial charge on any atom is -0.0614 e. The highest BCUT2D eigenvalue weighted by atomic mass is 14.2. The van der Waals surface area contributed by atoms with E-state index >= 15 is 0 Å². The van der Waals surface area contributed by atoms with Crippen LogP contribution in [-0.4, -0.2) is 0 Å². The molecule has 3 aromatic rings. The number of benzene rings is 3. The van der Waals surface area contributed by atoms with Gasteiger partial charge < -0.3 is 0 Å². The topological polar surface area (TPSA) is 0 Å². The van der Waals surface area contributed by atoms with Gasteiger partial charge in [-0.25, -0.2) is 0 Å². The molecule has 3 rings (SSSR count). The van der Waals surface area contributed by atoms with Crippen LogP contribution in [0.25, 0.3) is 21.5 Å². The molecule has 0 saturated heterocycles. The second-order valence-electron chi connectivity index (χ2n) is 6.13. The van der Waals surface area contributed by atoms with Crippen molar-refractivity contribution in [2.24, 2.45) is 0 Å². The molecular formula is C20H22. The first-order valence-electron chi connectivity index (χ1n) is 7.32. The predicted octanol–water partition coefficient (Wildman–Crippen LogP) is 5.84. The van der Waals surface area contributed by atoms with Gasteiger partial charge in [0.1, 0.15) is 0 Å². The van der Waals surface area contributed by atoms with Crippen LogP contribution in [0.2, 0.25) is 0 Å². The largest absolute Gasteiger partial charge is 0.0614 e. The first-order valence-corrected chi connectivity index (χ1v) is 7.32. The molecule has 0 aromatic heterocycles. The predicted molar refractivity (Wildman–Crippen MR) is 89.9 cm³/mol. The van der Waals surface area contributed by atoms with Crippen molar-refractivity contribution in [1.82, 2.24) is 0 Å². The molecule has 0 unspecified atom stereocenters. The minimum absolute atomic E-state index is 1.38. The van der Waals surface area contributed by atoms with E-state index in [2.05, 4.69) is 65.8 Å². The Morgan fingerprint density at radius 1 is 0.550 bits per heavy atom. The Hall–Kier alpha value is -1.82. The number of rotatable bonds is 0. The third-order valence-corrected chi connectivity index (χ3v) is 4.85. The molecule has 0 spiro atoms. The molecule has 0 nitrogen and oxygen atoms in total. The summed E-state index contributed by atoms with van der Waals surface area (Å²) in [6.45, 7) is 13.5. The highest BCUT2D eigenvalue weighted by Crippen LogP contribution is 2.37. The van der Waals surface area contributed by atoms with Crippen molar-refractivity contribution in [3.63, 3.8) is 0 Å². The van der Waals surface area contributed by atoms with Crippen molar-refractivity contribution >= 4 is 21.5 Å². The van der Waals surface area contributed by atoms with Crippen LogP contribution in [-0.2, 0) is 0 Å². The minimum atomic E-state index is 1.38. The van der Waals surface area contributed by atoms with E-state index in [9.17, 15) is 0 Å². The smallest absolute Gasteiger partial charge is 0.0111 e. The Bertz CT molecular complexity index is 851. The van der Waals surface area contributed by atoms with Crippen molar-refractivity contribution < 1.29 is 0 Å². The lowest BCUT2D eigenvalue weighted by Gasteiger charge is -2.19. The van der Waals surface area contributed by atoms with Gasteiger partial charge in [-0.1, -0.05) is 24.3 Å². The molecule has 0 aliphatic heterocycles. The quantitative estimate of drug-likeness (QED) is 0.446. The summed E-state index contributed by atoms with van der Waals surface area (Å²) in [7, 11) is 0. The summed E-state index contributed by atoms with van der Waals surface area (Å²) in [6, 6.07) is 8.99. The Kier molecular flexibility index (Phi) is 2.86. The fourth-order valence-corrected chi connectivity index (χ4v) is 3.78. The molecule has 0 heteroatoms. The van der Waals surface area contributed by atoms with E-state index in [0.29, 0.717) is 0 Å². The zero-order valence-corrected chi connectivity index (χ0v) is 13.3. The van der Waals surface area contributed by atoms with Crippen LogP contribution in [0.1, 0.15) is 33.4 Å². The third kappa shape index (κ3) is 1.61. The molecule has 0 radical (unpaired) electrons. The van der Waals surface area contributed by atoms with Gasteiger partial charge in [-0.2, -0.15) is 0 Å². The average molecular weight is 262 g/mol. The molecule has 0 amide bonds. The average Bonchev–Trinajstić information content (AvgIpc) is 2.40. The number of fused-ring (bicyclic) bond motifs is 2. The monoisotopic (exact) mass is 262 g/mol. The van der Waals surface area contributed by atoms with E-state index in [1.54, 1.807) is 0 Å². The highest BCUT2D eigenvalue weighted by Gasteiger charge is 2.14. The number of hydrogen-bond acceptors (Lipinski definition) is 0. The van der Waals surface area contributed by atoms with Crippen LogP contribution in [0.15, 0.2) is 24.3 Å². The van der Waals surface area contributed by atoms with Gasteiger partial charge in [0.2, 0.25) is 0 Å². The van der Waals surface area contributed by atoms with Gasteiger partial charge in [-0.3, -0.25) is 0 Å². The fraction of sp³-hybridized carbons (Fsp3) is 0.300. The summed E-state index contributed by atoms with van der Waals surface area (Å²) >= 11 is 0. The van der Waals surface area contributed by atoms with Gasteiger partial charge in [0.05, 0.1) is 0 Å². The lowest BCUT2D eigenvalue weighted by molar-refractivity contribution is 1.32. The van der Waals surface area contributed by atoms with E-state index in [-0.39, 0.29) is 0 Å². The summed E-state index contributed by atoms with van der Waals surface area (Å²) in [5.41, 5.74) is 8.45. The zero-order valence-electron chi connectivity index (χ0n) is 13.3. The maximum atomic E-state index is 2.33. The maximum Gasteiger partial charge on any atom is -0.0111 e. The maximum absolute atomic E-state index is 2.33. The Balaban J connectivity index is 2.74. The number of aryl methyl sites for hydroxylation is 6. The second kappa shape index (κ2) is 4.34. The molecule has 0 atom stereocenters. The molecule has 0 bridgehead atoms. The van der Waals surface area contributed by atoms with Crippen molar-refractivity contribution in [3.8, 4) is 0 Å². The standard InChI is InChI=1S/C20H22/c1-11-8-7-9-17-15(5)20-14(4)12(2)10-13(3)19(20)16(6)18(11)17/h7-10H,1-6H3. The summed E-state index contributed by atoms with van der Waals surface area (Å²) < 4.78 is 0. The van der Waals surface area contributed by atoms with Crippen molar-refractivity contribution in [3.05, 3.63) is 57.6 Å². The van der Waals surface area contributed by atoms with E-state index in [1.807, 2.05) is 0 Å². The third-order valence-electron chi connectivity index (χ3n) is 4.85. The molecule has 0 saturated carbocycles. The van der Waals surface area contributed by atoms with Gasteiger partial charge in [0.15, 0.2) is 0 Å². The summed E-state index contributed by atoms with van der Waals surface area (Å²) in [6.07, 6.45) is 0. The molecule has 0 N–H and O–H groups in total. The summed E-state index contributed by atoms with van der Waals surface area (Å²) in [4.78, 5) is 0. The number of hydrogen-bond donors (Lipinski definition) is 0. The van der Waals surface area contributed by atoms with E-state index in [4.69, 9.17) is 0 Å². The Labute approximate surface area is 121 Å². The summed E-state index contributed by atoms with van der Waals surface area (Å²) in [5.74, 6) is 0. The highest BCUT2D eigenvalue weighted by molar-refractivity contribution is 6.09. The first-order chi connectivity index (χ1) is 9.43. The van der Waals surface area contributed by atoms with Crippen LogP contribution in [0.5, 0.6) is 0 Å². The molecule has 3 aromatic carbocycles. The fourth-order valence-electron chi connectivity index (χ4n) is 3.78. The molecule has 0 fully saturated rings. The molecule has 102 valence electrons. The Morgan fingerprint density at radius 3 is 1.95 bits per heavy atom. The summed E-state index contributed by atoms with van der Waals surface area (Å²) in [5, 5.41) is 5.75. The van der Waals surface area contributed by atoms with Gasteiger partial charge in [0.25, 0.3) is 0 Å². The van der Waals surface area contributed by atoms with Crippen LogP contribution < -0.4 is 0 Å². The van der Waals surface area contributed by atoms with Gasteiger partial charge in [0, 0.05) is 0 Å². The SMILES string of the molecule is Cc1cc(C)c2c(C)c3c(C)cccc3c(C)c2c1C. The van der Waals surface area contributed by atoms with Gasteiger partial charge in [-0.05, 0) is 96.5 Å². The van der Waals surface area contributed by atoms with Crippen LogP contribution in [0.4, 0.5) is 0 Å². The lowest BCUT2D eigenvalue weighted by atomic mass is 9.85. The van der Waals surface area contributed by atoms with Gasteiger partial charge in [-0.15, -0.1) is 0 Å². The second-order valence-corrected chi connectivity index (χ2v) is 6.13. The van der Waals surface area contributed by atoms with Crippen LogP contribution in [0, 0.1) is 41.5 Å². The molecule has 20 heavy (non-hydrogen) atoms. The zero-order chi connectivity index (χ0) is 14.6. The van der Waals surface area contributed by atoms with Crippen molar-refractivity contribution in [2.45, 2.75) is 41.5 Å². The normalized spacial score (nSPS) is 11.5. The van der Waals surface area contributed by atoms with Crippen LogP contribution in [0.3, 0.4) is 0 Å².